The van der Waals surface area contributed by atoms with E-state index in [-0.39, 0.29) is 5.56 Å². The molecular weight excluding hydrogens is 475 g/mol. The fourth-order valence-corrected chi connectivity index (χ4v) is 4.18. The summed E-state index contributed by atoms with van der Waals surface area (Å²) in [6.07, 6.45) is 2.31. The maximum Gasteiger partial charge on any atom is 0.265 e. The van der Waals surface area contributed by atoms with Gasteiger partial charge < -0.3 is 4.74 Å². The zero-order valence-electron chi connectivity index (χ0n) is 18.5. The van der Waals surface area contributed by atoms with Gasteiger partial charge in [0.1, 0.15) is 16.7 Å². The first-order valence-electron chi connectivity index (χ1n) is 10.6. The first-order chi connectivity index (χ1) is 16.5. The van der Waals surface area contributed by atoms with Gasteiger partial charge in [-0.3, -0.25) is 9.36 Å². The first kappa shape index (κ1) is 22.5. The summed E-state index contributed by atoms with van der Waals surface area (Å²) in [5, 5.41) is 5.87. The predicted molar refractivity (Wildman–Crippen MR) is 135 cm³/mol. The van der Waals surface area contributed by atoms with Crippen molar-refractivity contribution in [1.82, 2.24) is 24.2 Å². The molecule has 2 aromatic carbocycles. The van der Waals surface area contributed by atoms with Gasteiger partial charge in [-0.15, -0.1) is 0 Å². The summed E-state index contributed by atoms with van der Waals surface area (Å²) >= 11 is 12.2. The minimum atomic E-state index is -0.184. The number of ether oxygens (including phenoxy) is 1. The second-order valence-electron chi connectivity index (χ2n) is 7.78. The third-order valence-corrected chi connectivity index (χ3v) is 6.27. The molecule has 0 N–H and O–H groups in total. The number of halogens is 2. The fraction of sp³-hybridized carbons (Fsp3) is 0.208. The second kappa shape index (κ2) is 9.13. The molecule has 0 aliphatic carbocycles. The van der Waals surface area contributed by atoms with E-state index in [1.807, 2.05) is 24.3 Å². The van der Waals surface area contributed by atoms with Crippen LogP contribution >= 0.6 is 23.2 Å². The topological polar surface area (TPSA) is 87.2 Å². The Balaban J connectivity index is 1.78. The highest BCUT2D eigenvalue weighted by atomic mass is 35.5. The maximum atomic E-state index is 13.6. The standard InChI is InChI=1S/C24H20Cl2N6O2/c1-14-28-22-20(24(33)31(14)10-5-11-34-2)21-23(30-19-7-4-3-6-18(19)29-21)32(22)27-13-15-8-9-16(25)17(26)12-15/h3-4,6-9,12-13H,5,10-11H2,1-2H3/b27-13+. The lowest BCUT2D eigenvalue weighted by molar-refractivity contribution is 0.189. The van der Waals surface area contributed by atoms with Gasteiger partial charge in [-0.25, -0.2) is 15.0 Å². The van der Waals surface area contributed by atoms with E-state index < -0.39 is 0 Å². The molecule has 34 heavy (non-hydrogen) atoms. The molecule has 172 valence electrons. The van der Waals surface area contributed by atoms with Gasteiger partial charge in [0.15, 0.2) is 11.3 Å². The van der Waals surface area contributed by atoms with Crippen molar-refractivity contribution in [2.45, 2.75) is 19.9 Å². The Morgan fingerprint density at radius 1 is 1.03 bits per heavy atom. The summed E-state index contributed by atoms with van der Waals surface area (Å²) in [6.45, 7) is 2.83. The molecule has 0 amide bonds. The van der Waals surface area contributed by atoms with E-state index in [1.165, 1.54) is 0 Å². The SMILES string of the molecule is COCCCn1c(C)nc2c(c1=O)c1nc3ccccc3nc1n2/N=C/c1ccc(Cl)c(Cl)c1. The molecule has 0 unspecified atom stereocenters. The number of aryl methyl sites for hydroxylation is 1. The number of methoxy groups -OCH3 is 1. The van der Waals surface area contributed by atoms with Crippen molar-refractivity contribution >= 4 is 62.6 Å². The van der Waals surface area contributed by atoms with Gasteiger partial charge in [0, 0.05) is 20.3 Å². The van der Waals surface area contributed by atoms with Gasteiger partial charge in [0.25, 0.3) is 5.56 Å². The van der Waals surface area contributed by atoms with Crippen LogP contribution in [0.3, 0.4) is 0 Å². The van der Waals surface area contributed by atoms with Crippen molar-refractivity contribution in [2.24, 2.45) is 5.10 Å². The molecule has 0 fully saturated rings. The molecule has 8 nitrogen and oxygen atoms in total. The van der Waals surface area contributed by atoms with Crippen LogP contribution in [0.15, 0.2) is 52.4 Å². The maximum absolute atomic E-state index is 13.6. The lowest BCUT2D eigenvalue weighted by Gasteiger charge is -2.09. The second-order valence-corrected chi connectivity index (χ2v) is 8.59. The van der Waals surface area contributed by atoms with Crippen LogP contribution in [0.5, 0.6) is 0 Å². The Bertz CT molecular complexity index is 1640. The number of hydrogen-bond donors (Lipinski definition) is 0. The number of aromatic nitrogens is 5. The molecule has 3 heterocycles. The molecular formula is C24H20Cl2N6O2. The largest absolute Gasteiger partial charge is 0.385 e. The third kappa shape index (κ3) is 3.94. The fourth-order valence-electron chi connectivity index (χ4n) is 3.87. The van der Waals surface area contributed by atoms with Crippen molar-refractivity contribution < 1.29 is 4.74 Å². The summed E-state index contributed by atoms with van der Waals surface area (Å²) in [4.78, 5) is 27.8. The van der Waals surface area contributed by atoms with Crippen LogP contribution in [-0.2, 0) is 11.3 Å². The molecule has 0 aliphatic heterocycles. The third-order valence-electron chi connectivity index (χ3n) is 5.53. The quantitative estimate of drug-likeness (QED) is 0.249. The van der Waals surface area contributed by atoms with Gasteiger partial charge in [-0.2, -0.15) is 9.78 Å². The van der Waals surface area contributed by atoms with Crippen LogP contribution in [0.2, 0.25) is 10.0 Å². The average Bonchev–Trinajstić information content (AvgIpc) is 3.12. The molecule has 5 rings (SSSR count). The van der Waals surface area contributed by atoms with Crippen LogP contribution in [0.25, 0.3) is 33.2 Å². The Hall–Kier alpha value is -3.33. The van der Waals surface area contributed by atoms with E-state index in [0.29, 0.717) is 68.7 Å². The summed E-state index contributed by atoms with van der Waals surface area (Å²) in [5.74, 6) is 0.576. The minimum Gasteiger partial charge on any atom is -0.385 e. The average molecular weight is 495 g/mol. The van der Waals surface area contributed by atoms with Gasteiger partial charge in [-0.05, 0) is 43.2 Å². The Morgan fingerprint density at radius 3 is 2.53 bits per heavy atom. The highest BCUT2D eigenvalue weighted by Crippen LogP contribution is 2.26. The Morgan fingerprint density at radius 2 is 1.79 bits per heavy atom. The predicted octanol–water partition coefficient (Wildman–Crippen LogP) is 4.83. The molecule has 0 atom stereocenters. The number of nitrogens with zero attached hydrogens (tertiary/aromatic N) is 6. The van der Waals surface area contributed by atoms with E-state index in [0.717, 1.165) is 5.56 Å². The number of benzene rings is 2. The Labute approximate surface area is 204 Å². The summed E-state index contributed by atoms with van der Waals surface area (Å²) in [7, 11) is 1.64. The van der Waals surface area contributed by atoms with Crippen molar-refractivity contribution in [1.29, 1.82) is 0 Å². The van der Waals surface area contributed by atoms with Crippen LogP contribution in [0, 0.1) is 6.92 Å². The zero-order chi connectivity index (χ0) is 23.8. The molecule has 0 bridgehead atoms. The Kier molecular flexibility index (Phi) is 6.03. The van der Waals surface area contributed by atoms with E-state index in [4.69, 9.17) is 42.9 Å². The molecule has 0 saturated carbocycles. The molecule has 0 saturated heterocycles. The number of rotatable bonds is 6. The van der Waals surface area contributed by atoms with E-state index in [1.54, 1.807) is 47.7 Å². The van der Waals surface area contributed by atoms with Crippen molar-refractivity contribution in [3.8, 4) is 0 Å². The van der Waals surface area contributed by atoms with E-state index in [9.17, 15) is 4.79 Å². The molecule has 0 spiro atoms. The van der Waals surface area contributed by atoms with Crippen LogP contribution in [0.4, 0.5) is 0 Å². The van der Waals surface area contributed by atoms with Crippen molar-refractivity contribution in [3.05, 3.63) is 74.3 Å². The number of hydrogen-bond acceptors (Lipinski definition) is 6. The molecule has 0 radical (unpaired) electrons. The van der Waals surface area contributed by atoms with Crippen LogP contribution in [0.1, 0.15) is 17.8 Å². The van der Waals surface area contributed by atoms with Gasteiger partial charge >= 0.3 is 0 Å². The molecule has 5 aromatic rings. The first-order valence-corrected chi connectivity index (χ1v) is 11.4. The normalized spacial score (nSPS) is 12.0. The summed E-state index contributed by atoms with van der Waals surface area (Å²) < 4.78 is 8.34. The monoisotopic (exact) mass is 494 g/mol. The highest BCUT2D eigenvalue weighted by Gasteiger charge is 2.21. The smallest absolute Gasteiger partial charge is 0.265 e. The van der Waals surface area contributed by atoms with Crippen LogP contribution < -0.4 is 5.56 Å². The lowest BCUT2D eigenvalue weighted by atomic mass is 10.2. The van der Waals surface area contributed by atoms with Gasteiger partial charge in [0.2, 0.25) is 0 Å². The molecule has 10 heteroatoms. The van der Waals surface area contributed by atoms with Crippen molar-refractivity contribution in [3.63, 3.8) is 0 Å². The van der Waals surface area contributed by atoms with Crippen molar-refractivity contribution in [2.75, 3.05) is 13.7 Å². The lowest BCUT2D eigenvalue weighted by Crippen LogP contribution is -2.24. The zero-order valence-corrected chi connectivity index (χ0v) is 20.0. The summed E-state index contributed by atoms with van der Waals surface area (Å²) in [5.41, 5.74) is 3.24. The summed E-state index contributed by atoms with van der Waals surface area (Å²) in [6, 6.07) is 12.7. The van der Waals surface area contributed by atoms with E-state index in [2.05, 4.69) is 5.10 Å². The number of para-hydroxylation sites is 2. The number of fused-ring (bicyclic) bond motifs is 4. The van der Waals surface area contributed by atoms with Crippen LogP contribution in [-0.4, -0.2) is 44.1 Å². The minimum absolute atomic E-state index is 0.184. The van der Waals surface area contributed by atoms with E-state index >= 15 is 0 Å². The molecule has 3 aromatic heterocycles. The van der Waals surface area contributed by atoms with Gasteiger partial charge in [-0.1, -0.05) is 41.4 Å². The highest BCUT2D eigenvalue weighted by molar-refractivity contribution is 6.42. The molecule has 0 aliphatic rings. The van der Waals surface area contributed by atoms with Gasteiger partial charge in [0.05, 0.1) is 27.3 Å².